The molecule has 0 saturated carbocycles. The van der Waals surface area contributed by atoms with Crippen molar-refractivity contribution in [3.8, 4) is 0 Å². The van der Waals surface area contributed by atoms with Crippen LogP contribution in [0, 0.1) is 0 Å². The molecule has 0 aliphatic carbocycles. The van der Waals surface area contributed by atoms with Crippen LogP contribution in [0.3, 0.4) is 0 Å². The van der Waals surface area contributed by atoms with E-state index in [1.807, 2.05) is 6.92 Å². The summed E-state index contributed by atoms with van der Waals surface area (Å²) in [7, 11) is -3.24. The van der Waals surface area contributed by atoms with E-state index in [-0.39, 0.29) is 24.1 Å². The zero-order valence-corrected chi connectivity index (χ0v) is 13.0. The molecule has 2 aliphatic heterocycles. The molecular weight excluding hydrogens is 322 g/mol. The summed E-state index contributed by atoms with van der Waals surface area (Å²) in [6, 6.07) is 0. The van der Waals surface area contributed by atoms with Gasteiger partial charge in [0.25, 0.3) is 0 Å². The van der Waals surface area contributed by atoms with Crippen LogP contribution in [0.5, 0.6) is 0 Å². The van der Waals surface area contributed by atoms with E-state index in [0.29, 0.717) is 25.0 Å². The van der Waals surface area contributed by atoms with Gasteiger partial charge in [0.05, 0.1) is 24.1 Å². The van der Waals surface area contributed by atoms with Gasteiger partial charge >= 0.3 is 0 Å². The lowest BCUT2D eigenvalue weighted by atomic mass is 10.3. The Kier molecular flexibility index (Phi) is 5.05. The van der Waals surface area contributed by atoms with E-state index in [1.165, 1.54) is 0 Å². The van der Waals surface area contributed by atoms with E-state index < -0.39 is 10.0 Å². The van der Waals surface area contributed by atoms with E-state index in [2.05, 4.69) is 15.9 Å². The topological polar surface area (TPSA) is 55.8 Å². The molecule has 0 aromatic carbocycles. The third kappa shape index (κ3) is 3.66. The van der Waals surface area contributed by atoms with Gasteiger partial charge in [0.2, 0.25) is 10.0 Å². The molecule has 2 rings (SSSR count). The Bertz CT molecular complexity index is 369. The lowest BCUT2D eigenvalue weighted by molar-refractivity contribution is -0.0413. The molecule has 2 aliphatic rings. The van der Waals surface area contributed by atoms with Crippen LogP contribution in [0.2, 0.25) is 0 Å². The second kappa shape index (κ2) is 6.17. The van der Waals surface area contributed by atoms with Gasteiger partial charge in [-0.05, 0) is 19.8 Å². The van der Waals surface area contributed by atoms with E-state index >= 15 is 0 Å². The summed E-state index contributed by atoms with van der Waals surface area (Å²) in [5.41, 5.74) is 0. The molecule has 0 N–H and O–H groups in total. The van der Waals surface area contributed by atoms with Crippen LogP contribution in [0.1, 0.15) is 19.8 Å². The number of halogens is 1. The van der Waals surface area contributed by atoms with Crippen LogP contribution >= 0.6 is 15.9 Å². The van der Waals surface area contributed by atoms with Crippen molar-refractivity contribution in [2.45, 2.75) is 38.1 Å². The molecule has 2 fully saturated rings. The van der Waals surface area contributed by atoms with Crippen molar-refractivity contribution < 1.29 is 17.9 Å². The molecule has 2 heterocycles. The molecule has 0 aromatic rings. The second-order valence-electron chi connectivity index (χ2n) is 4.95. The smallest absolute Gasteiger partial charge is 0.216 e. The van der Waals surface area contributed by atoms with Crippen molar-refractivity contribution in [1.82, 2.24) is 4.31 Å². The minimum atomic E-state index is -3.24. The zero-order valence-electron chi connectivity index (χ0n) is 10.5. The minimum absolute atomic E-state index is 0.0550. The summed E-state index contributed by atoms with van der Waals surface area (Å²) in [6.45, 7) is 3.47. The fraction of sp³-hybridized carbons (Fsp3) is 1.00. The van der Waals surface area contributed by atoms with E-state index in [9.17, 15) is 8.42 Å². The monoisotopic (exact) mass is 341 g/mol. The Morgan fingerprint density at radius 3 is 2.72 bits per heavy atom. The average Bonchev–Trinajstić information content (AvgIpc) is 2.80. The van der Waals surface area contributed by atoms with Crippen molar-refractivity contribution >= 4 is 26.0 Å². The molecule has 0 amide bonds. The Morgan fingerprint density at radius 2 is 2.11 bits per heavy atom. The molecule has 106 valence electrons. The Balaban J connectivity index is 1.99. The molecule has 0 radical (unpaired) electrons. The van der Waals surface area contributed by atoms with Gasteiger partial charge in [-0.3, -0.25) is 0 Å². The van der Waals surface area contributed by atoms with Gasteiger partial charge < -0.3 is 9.47 Å². The predicted molar refractivity (Wildman–Crippen MR) is 72.5 cm³/mol. The highest BCUT2D eigenvalue weighted by Gasteiger charge is 2.34. The standard InChI is InChI=1S/C11H20BrNO4S/c1-9-6-13(7-11(5-12)17-9)18(14,15)8-10-3-2-4-16-10/h9-11H,2-8H2,1H3. The van der Waals surface area contributed by atoms with E-state index in [4.69, 9.17) is 9.47 Å². The number of hydrogen-bond donors (Lipinski definition) is 0. The molecular formula is C11H20BrNO4S. The molecule has 0 aromatic heterocycles. The van der Waals surface area contributed by atoms with Crippen LogP contribution in [0.25, 0.3) is 0 Å². The normalized spacial score (nSPS) is 34.9. The molecule has 3 unspecified atom stereocenters. The lowest BCUT2D eigenvalue weighted by Crippen LogP contribution is -2.51. The first-order chi connectivity index (χ1) is 8.51. The number of alkyl halides is 1. The van der Waals surface area contributed by atoms with Crippen molar-refractivity contribution in [3.05, 3.63) is 0 Å². The van der Waals surface area contributed by atoms with Gasteiger partial charge in [0, 0.05) is 25.0 Å². The number of morpholine rings is 1. The number of sulfonamides is 1. The fourth-order valence-corrected chi connectivity index (χ4v) is 4.56. The largest absolute Gasteiger partial charge is 0.377 e. The number of ether oxygens (including phenoxy) is 2. The quantitative estimate of drug-likeness (QED) is 0.715. The molecule has 0 bridgehead atoms. The molecule has 0 spiro atoms. The summed E-state index contributed by atoms with van der Waals surface area (Å²) in [6.07, 6.45) is 1.56. The Hall–Kier alpha value is 0.310. The van der Waals surface area contributed by atoms with E-state index in [1.54, 1.807) is 4.31 Å². The Morgan fingerprint density at radius 1 is 1.33 bits per heavy atom. The summed E-state index contributed by atoms with van der Waals surface area (Å²) >= 11 is 3.35. The molecule has 7 heteroatoms. The summed E-state index contributed by atoms with van der Waals surface area (Å²) in [4.78, 5) is 0. The van der Waals surface area contributed by atoms with Crippen molar-refractivity contribution in [3.63, 3.8) is 0 Å². The van der Waals surface area contributed by atoms with Gasteiger partial charge in [-0.2, -0.15) is 4.31 Å². The van der Waals surface area contributed by atoms with Gasteiger partial charge in [-0.1, -0.05) is 15.9 Å². The van der Waals surface area contributed by atoms with Gasteiger partial charge in [-0.15, -0.1) is 0 Å². The van der Waals surface area contributed by atoms with Crippen LogP contribution in [-0.4, -0.2) is 61.8 Å². The predicted octanol–water partition coefficient (Wildman–Crippen LogP) is 0.979. The highest BCUT2D eigenvalue weighted by Crippen LogP contribution is 2.20. The molecule has 18 heavy (non-hydrogen) atoms. The van der Waals surface area contributed by atoms with Crippen molar-refractivity contribution in [1.29, 1.82) is 0 Å². The number of nitrogens with zero attached hydrogens (tertiary/aromatic N) is 1. The van der Waals surface area contributed by atoms with Crippen molar-refractivity contribution in [2.24, 2.45) is 0 Å². The van der Waals surface area contributed by atoms with Crippen molar-refractivity contribution in [2.75, 3.05) is 30.8 Å². The van der Waals surface area contributed by atoms with Crippen LogP contribution in [0.4, 0.5) is 0 Å². The maximum absolute atomic E-state index is 12.3. The third-order valence-corrected chi connectivity index (χ3v) is 5.88. The van der Waals surface area contributed by atoms with E-state index in [0.717, 1.165) is 12.8 Å². The molecule has 2 saturated heterocycles. The zero-order chi connectivity index (χ0) is 13.2. The first kappa shape index (κ1) is 14.7. The van der Waals surface area contributed by atoms with Crippen LogP contribution in [0.15, 0.2) is 0 Å². The van der Waals surface area contributed by atoms with Gasteiger partial charge in [0.1, 0.15) is 0 Å². The highest BCUT2D eigenvalue weighted by molar-refractivity contribution is 9.09. The molecule has 3 atom stereocenters. The van der Waals surface area contributed by atoms with Gasteiger partial charge in [0.15, 0.2) is 0 Å². The SMILES string of the molecule is CC1CN(S(=O)(=O)CC2CCCO2)CC(CBr)O1. The lowest BCUT2D eigenvalue weighted by Gasteiger charge is -2.35. The summed E-state index contributed by atoms with van der Waals surface area (Å²) < 4.78 is 37.3. The fourth-order valence-electron chi connectivity index (χ4n) is 2.43. The maximum atomic E-state index is 12.3. The minimum Gasteiger partial charge on any atom is -0.377 e. The molecule has 5 nitrogen and oxygen atoms in total. The first-order valence-electron chi connectivity index (χ1n) is 6.32. The number of hydrogen-bond acceptors (Lipinski definition) is 4. The van der Waals surface area contributed by atoms with Gasteiger partial charge in [-0.25, -0.2) is 8.42 Å². The van der Waals surface area contributed by atoms with Crippen LogP contribution < -0.4 is 0 Å². The average molecular weight is 342 g/mol. The third-order valence-electron chi connectivity index (χ3n) is 3.28. The second-order valence-corrected chi connectivity index (χ2v) is 7.61. The Labute approximate surface area is 117 Å². The first-order valence-corrected chi connectivity index (χ1v) is 9.05. The summed E-state index contributed by atoms with van der Waals surface area (Å²) in [5, 5.41) is 0.656. The number of rotatable bonds is 4. The maximum Gasteiger partial charge on any atom is 0.216 e. The van der Waals surface area contributed by atoms with Crippen LogP contribution in [-0.2, 0) is 19.5 Å². The summed E-state index contributed by atoms with van der Waals surface area (Å²) in [5.74, 6) is 0.106. The highest BCUT2D eigenvalue weighted by atomic mass is 79.9.